The Morgan fingerprint density at radius 3 is 2.61 bits per heavy atom. The molecule has 0 radical (unpaired) electrons. The SMILES string of the molecule is CC(C)c1ccc(NC(=O)CCN2CCc3ccccc32)cc1. The van der Waals surface area contributed by atoms with Gasteiger partial charge in [0.05, 0.1) is 0 Å². The van der Waals surface area contributed by atoms with Crippen LogP contribution in [0.25, 0.3) is 0 Å². The second-order valence-electron chi connectivity index (χ2n) is 6.44. The molecule has 2 aromatic carbocycles. The minimum atomic E-state index is 0.0756. The smallest absolute Gasteiger partial charge is 0.226 e. The highest BCUT2D eigenvalue weighted by molar-refractivity contribution is 5.91. The number of para-hydroxylation sites is 1. The molecule has 0 fully saturated rings. The van der Waals surface area contributed by atoms with Crippen LogP contribution in [0, 0.1) is 0 Å². The first-order valence-electron chi connectivity index (χ1n) is 8.36. The minimum Gasteiger partial charge on any atom is -0.370 e. The van der Waals surface area contributed by atoms with Gasteiger partial charge in [0.1, 0.15) is 0 Å². The van der Waals surface area contributed by atoms with Crippen molar-refractivity contribution in [1.29, 1.82) is 0 Å². The maximum atomic E-state index is 12.2. The Morgan fingerprint density at radius 1 is 1.13 bits per heavy atom. The standard InChI is InChI=1S/C20H24N2O/c1-15(2)16-7-9-18(10-8-16)21-20(23)12-14-22-13-11-17-5-3-4-6-19(17)22/h3-10,15H,11-14H2,1-2H3,(H,21,23). The van der Waals surface area contributed by atoms with E-state index in [0.29, 0.717) is 12.3 Å². The van der Waals surface area contributed by atoms with E-state index in [1.807, 2.05) is 12.1 Å². The third kappa shape index (κ3) is 3.73. The van der Waals surface area contributed by atoms with Gasteiger partial charge in [0.25, 0.3) is 0 Å². The summed E-state index contributed by atoms with van der Waals surface area (Å²) >= 11 is 0. The van der Waals surface area contributed by atoms with Crippen LogP contribution in [0.1, 0.15) is 37.3 Å². The predicted molar refractivity (Wildman–Crippen MR) is 96.1 cm³/mol. The van der Waals surface area contributed by atoms with E-state index in [1.54, 1.807) is 0 Å². The number of carbonyl (C=O) groups excluding carboxylic acids is 1. The Bertz CT molecular complexity index is 676. The van der Waals surface area contributed by atoms with Crippen LogP contribution in [-0.2, 0) is 11.2 Å². The van der Waals surface area contributed by atoms with Gasteiger partial charge in [-0.1, -0.05) is 44.2 Å². The summed E-state index contributed by atoms with van der Waals surface area (Å²) in [6.07, 6.45) is 1.59. The lowest BCUT2D eigenvalue weighted by atomic mass is 10.0. The van der Waals surface area contributed by atoms with E-state index in [0.717, 1.165) is 25.2 Å². The average Bonchev–Trinajstić information content (AvgIpc) is 2.97. The van der Waals surface area contributed by atoms with Crippen LogP contribution in [0.3, 0.4) is 0 Å². The summed E-state index contributed by atoms with van der Waals surface area (Å²) in [5.41, 5.74) is 4.83. The molecule has 1 aliphatic rings. The lowest BCUT2D eigenvalue weighted by Gasteiger charge is -2.19. The van der Waals surface area contributed by atoms with Crippen LogP contribution < -0.4 is 10.2 Å². The van der Waals surface area contributed by atoms with E-state index in [-0.39, 0.29) is 5.91 Å². The first kappa shape index (κ1) is 15.6. The van der Waals surface area contributed by atoms with Crippen molar-refractivity contribution in [3.8, 4) is 0 Å². The van der Waals surface area contributed by atoms with E-state index < -0.39 is 0 Å². The Morgan fingerprint density at radius 2 is 1.87 bits per heavy atom. The summed E-state index contributed by atoms with van der Waals surface area (Å²) in [5.74, 6) is 0.585. The van der Waals surface area contributed by atoms with Gasteiger partial charge < -0.3 is 10.2 Å². The normalized spacial score (nSPS) is 13.3. The van der Waals surface area contributed by atoms with Gasteiger partial charge in [-0.2, -0.15) is 0 Å². The Labute approximate surface area is 138 Å². The van der Waals surface area contributed by atoms with E-state index >= 15 is 0 Å². The molecule has 1 heterocycles. The second kappa shape index (κ2) is 6.86. The number of benzene rings is 2. The average molecular weight is 308 g/mol. The molecule has 0 atom stereocenters. The van der Waals surface area contributed by atoms with Gasteiger partial charge in [-0.05, 0) is 41.7 Å². The van der Waals surface area contributed by atoms with Crippen molar-refractivity contribution in [1.82, 2.24) is 0 Å². The zero-order chi connectivity index (χ0) is 16.2. The third-order valence-electron chi connectivity index (χ3n) is 4.45. The molecule has 1 aliphatic heterocycles. The van der Waals surface area contributed by atoms with Crippen molar-refractivity contribution in [2.75, 3.05) is 23.3 Å². The molecule has 1 amide bonds. The monoisotopic (exact) mass is 308 g/mol. The molecule has 2 aromatic rings. The molecule has 1 N–H and O–H groups in total. The number of fused-ring (bicyclic) bond motifs is 1. The largest absolute Gasteiger partial charge is 0.370 e. The molecule has 3 heteroatoms. The number of hydrogen-bond acceptors (Lipinski definition) is 2. The predicted octanol–water partition coefficient (Wildman–Crippen LogP) is 4.20. The molecule has 23 heavy (non-hydrogen) atoms. The fourth-order valence-electron chi connectivity index (χ4n) is 3.05. The highest BCUT2D eigenvalue weighted by atomic mass is 16.1. The van der Waals surface area contributed by atoms with Crippen molar-refractivity contribution < 1.29 is 4.79 Å². The first-order chi connectivity index (χ1) is 11.1. The maximum Gasteiger partial charge on any atom is 0.226 e. The Kier molecular flexibility index (Phi) is 4.65. The van der Waals surface area contributed by atoms with E-state index in [1.165, 1.54) is 16.8 Å². The number of nitrogens with one attached hydrogen (secondary N) is 1. The fourth-order valence-corrected chi connectivity index (χ4v) is 3.05. The topological polar surface area (TPSA) is 32.3 Å². The molecule has 3 rings (SSSR count). The third-order valence-corrected chi connectivity index (χ3v) is 4.45. The molecule has 0 spiro atoms. The summed E-state index contributed by atoms with van der Waals surface area (Å²) in [7, 11) is 0. The van der Waals surface area contributed by atoms with Crippen LogP contribution >= 0.6 is 0 Å². The summed E-state index contributed by atoms with van der Waals surface area (Å²) in [5, 5.41) is 2.99. The van der Waals surface area contributed by atoms with Crippen LogP contribution in [0.15, 0.2) is 48.5 Å². The van der Waals surface area contributed by atoms with Gasteiger partial charge >= 0.3 is 0 Å². The number of anilines is 2. The molecule has 0 saturated heterocycles. The molecular formula is C20H24N2O. The zero-order valence-electron chi connectivity index (χ0n) is 13.9. The van der Waals surface area contributed by atoms with E-state index in [9.17, 15) is 4.79 Å². The first-order valence-corrected chi connectivity index (χ1v) is 8.36. The van der Waals surface area contributed by atoms with Crippen molar-refractivity contribution >= 4 is 17.3 Å². The highest BCUT2D eigenvalue weighted by Crippen LogP contribution is 2.27. The zero-order valence-corrected chi connectivity index (χ0v) is 13.9. The Balaban J connectivity index is 1.52. The molecule has 3 nitrogen and oxygen atoms in total. The number of carbonyl (C=O) groups is 1. The summed E-state index contributed by atoms with van der Waals surface area (Å²) < 4.78 is 0. The molecule has 0 unspecified atom stereocenters. The van der Waals surface area contributed by atoms with Crippen molar-refractivity contribution in [2.45, 2.75) is 32.6 Å². The fraction of sp³-hybridized carbons (Fsp3) is 0.350. The Hall–Kier alpha value is -2.29. The molecule has 120 valence electrons. The molecular weight excluding hydrogens is 284 g/mol. The van der Waals surface area contributed by atoms with Gasteiger partial charge in [0.2, 0.25) is 5.91 Å². The lowest BCUT2D eigenvalue weighted by Crippen LogP contribution is -2.26. The maximum absolute atomic E-state index is 12.2. The summed E-state index contributed by atoms with van der Waals surface area (Å²) in [6.45, 7) is 6.12. The molecule has 0 bridgehead atoms. The van der Waals surface area contributed by atoms with Crippen molar-refractivity contribution in [3.05, 3.63) is 59.7 Å². The van der Waals surface area contributed by atoms with Crippen LogP contribution in [0.5, 0.6) is 0 Å². The summed E-state index contributed by atoms with van der Waals surface area (Å²) in [6, 6.07) is 16.6. The van der Waals surface area contributed by atoms with Gasteiger partial charge in [0.15, 0.2) is 0 Å². The van der Waals surface area contributed by atoms with Gasteiger partial charge in [0, 0.05) is 30.9 Å². The molecule has 0 saturated carbocycles. The van der Waals surface area contributed by atoms with Crippen LogP contribution in [0.4, 0.5) is 11.4 Å². The highest BCUT2D eigenvalue weighted by Gasteiger charge is 2.18. The lowest BCUT2D eigenvalue weighted by molar-refractivity contribution is -0.116. The van der Waals surface area contributed by atoms with Crippen molar-refractivity contribution in [3.63, 3.8) is 0 Å². The minimum absolute atomic E-state index is 0.0756. The van der Waals surface area contributed by atoms with Gasteiger partial charge in [-0.15, -0.1) is 0 Å². The second-order valence-corrected chi connectivity index (χ2v) is 6.44. The van der Waals surface area contributed by atoms with Crippen LogP contribution in [-0.4, -0.2) is 19.0 Å². The van der Waals surface area contributed by atoms with Gasteiger partial charge in [-0.3, -0.25) is 4.79 Å². The quantitative estimate of drug-likeness (QED) is 0.897. The summed E-state index contributed by atoms with van der Waals surface area (Å²) in [4.78, 5) is 14.5. The number of rotatable bonds is 5. The number of hydrogen-bond donors (Lipinski definition) is 1. The number of amides is 1. The van der Waals surface area contributed by atoms with E-state index in [4.69, 9.17) is 0 Å². The molecule has 0 aliphatic carbocycles. The van der Waals surface area contributed by atoms with Crippen molar-refractivity contribution in [2.24, 2.45) is 0 Å². The van der Waals surface area contributed by atoms with E-state index in [2.05, 4.69) is 60.5 Å². The van der Waals surface area contributed by atoms with Gasteiger partial charge in [-0.25, -0.2) is 0 Å². The number of nitrogens with zero attached hydrogens (tertiary/aromatic N) is 1. The van der Waals surface area contributed by atoms with Crippen LogP contribution in [0.2, 0.25) is 0 Å². The molecule has 0 aromatic heterocycles.